The van der Waals surface area contributed by atoms with E-state index in [4.69, 9.17) is 9.72 Å². The van der Waals surface area contributed by atoms with Crippen LogP contribution in [0.4, 0.5) is 11.6 Å². The molecule has 194 valence electrons. The van der Waals surface area contributed by atoms with Gasteiger partial charge in [0.1, 0.15) is 11.6 Å². The number of hydrogen-bond donors (Lipinski definition) is 2. The Morgan fingerprint density at radius 1 is 0.946 bits per heavy atom. The van der Waals surface area contributed by atoms with Gasteiger partial charge in [-0.05, 0) is 62.8 Å². The fraction of sp³-hybridized carbons (Fsp3) is 0.517. The molecule has 37 heavy (non-hydrogen) atoms. The van der Waals surface area contributed by atoms with Crippen LogP contribution in [0.1, 0.15) is 51.4 Å². The highest BCUT2D eigenvalue weighted by Crippen LogP contribution is 2.33. The summed E-state index contributed by atoms with van der Waals surface area (Å²) in [5, 5.41) is 9.03. The Morgan fingerprint density at radius 3 is 2.57 bits per heavy atom. The molecule has 2 saturated heterocycles. The lowest BCUT2D eigenvalue weighted by atomic mass is 9.95. The Hall–Kier alpha value is -3.26. The van der Waals surface area contributed by atoms with Gasteiger partial charge in [0, 0.05) is 79.2 Å². The molecule has 2 aliphatic heterocycles. The lowest BCUT2D eigenvalue weighted by molar-refractivity contribution is -0.126. The summed E-state index contributed by atoms with van der Waals surface area (Å²) in [5.41, 5.74) is 1.94. The zero-order chi connectivity index (χ0) is 25.0. The Kier molecular flexibility index (Phi) is 7.17. The van der Waals surface area contributed by atoms with Gasteiger partial charge in [-0.2, -0.15) is 0 Å². The number of amides is 1. The van der Waals surface area contributed by atoms with Crippen molar-refractivity contribution in [3.8, 4) is 11.3 Å². The molecule has 3 aromatic heterocycles. The largest absolute Gasteiger partial charge is 0.381 e. The van der Waals surface area contributed by atoms with Crippen molar-refractivity contribution < 1.29 is 9.53 Å². The van der Waals surface area contributed by atoms with Gasteiger partial charge >= 0.3 is 0 Å². The fourth-order valence-electron chi connectivity index (χ4n) is 5.93. The number of piperidine rings is 1. The molecule has 1 saturated carbocycles. The first-order valence-corrected chi connectivity index (χ1v) is 13.8. The summed E-state index contributed by atoms with van der Waals surface area (Å²) in [6.07, 6.45) is 14.0. The van der Waals surface area contributed by atoms with Crippen LogP contribution in [0, 0.1) is 5.92 Å². The quantitative estimate of drug-likeness (QED) is 0.513. The molecular formula is C29H36N6O2. The molecule has 8 heteroatoms. The molecule has 0 aromatic carbocycles. The SMILES string of the molecule is O=C(NC1CCCC1)C1CCN(c2nc(-c3ccnc(NC4CCOCC4)c3)cc3cnccc23)CC1. The van der Waals surface area contributed by atoms with Crippen LogP contribution in [-0.2, 0) is 9.53 Å². The monoisotopic (exact) mass is 500 g/mol. The molecule has 0 atom stereocenters. The van der Waals surface area contributed by atoms with Crippen LogP contribution < -0.4 is 15.5 Å². The minimum atomic E-state index is 0.0898. The third-order valence-electron chi connectivity index (χ3n) is 8.11. The van der Waals surface area contributed by atoms with Gasteiger partial charge in [0.05, 0.1) is 5.69 Å². The summed E-state index contributed by atoms with van der Waals surface area (Å²) in [7, 11) is 0. The zero-order valence-electron chi connectivity index (χ0n) is 21.4. The third-order valence-corrected chi connectivity index (χ3v) is 8.11. The average Bonchev–Trinajstić information content (AvgIpc) is 3.46. The van der Waals surface area contributed by atoms with Gasteiger partial charge in [0.25, 0.3) is 0 Å². The molecule has 0 spiro atoms. The number of ether oxygens (including phenoxy) is 1. The number of pyridine rings is 3. The molecule has 0 unspecified atom stereocenters. The van der Waals surface area contributed by atoms with Crippen molar-refractivity contribution in [1.82, 2.24) is 20.3 Å². The normalized spacial score (nSPS) is 19.8. The van der Waals surface area contributed by atoms with Gasteiger partial charge < -0.3 is 20.3 Å². The second kappa shape index (κ2) is 11.0. The van der Waals surface area contributed by atoms with Crippen LogP contribution in [0.2, 0.25) is 0 Å². The Balaban J connectivity index is 1.21. The molecule has 8 nitrogen and oxygen atoms in total. The molecule has 5 heterocycles. The first-order valence-electron chi connectivity index (χ1n) is 13.8. The van der Waals surface area contributed by atoms with Crippen LogP contribution in [0.5, 0.6) is 0 Å². The lowest BCUT2D eigenvalue weighted by Gasteiger charge is -2.33. The smallest absolute Gasteiger partial charge is 0.223 e. The molecule has 1 aliphatic carbocycles. The molecule has 0 radical (unpaired) electrons. The van der Waals surface area contributed by atoms with Crippen LogP contribution in [-0.4, -0.2) is 59.2 Å². The summed E-state index contributed by atoms with van der Waals surface area (Å²) < 4.78 is 5.49. The number of nitrogens with one attached hydrogen (secondary N) is 2. The summed E-state index contributed by atoms with van der Waals surface area (Å²) in [5.74, 6) is 2.17. The highest BCUT2D eigenvalue weighted by atomic mass is 16.5. The summed E-state index contributed by atoms with van der Waals surface area (Å²) in [4.78, 5) is 29.3. The highest BCUT2D eigenvalue weighted by Gasteiger charge is 2.28. The van der Waals surface area contributed by atoms with Crippen molar-refractivity contribution in [2.24, 2.45) is 5.92 Å². The summed E-state index contributed by atoms with van der Waals surface area (Å²) in [6, 6.07) is 9.03. The predicted octanol–water partition coefficient (Wildman–Crippen LogP) is 4.56. The lowest BCUT2D eigenvalue weighted by Crippen LogP contribution is -2.43. The van der Waals surface area contributed by atoms with Crippen molar-refractivity contribution in [2.45, 2.75) is 63.5 Å². The molecule has 1 amide bonds. The number of fused-ring (bicyclic) bond motifs is 1. The van der Waals surface area contributed by atoms with Crippen LogP contribution in [0.3, 0.4) is 0 Å². The first-order chi connectivity index (χ1) is 18.2. The van der Waals surface area contributed by atoms with Crippen molar-refractivity contribution >= 4 is 28.3 Å². The van der Waals surface area contributed by atoms with Gasteiger partial charge in [0.2, 0.25) is 5.91 Å². The topological polar surface area (TPSA) is 92.3 Å². The number of nitrogens with zero attached hydrogens (tertiary/aromatic N) is 4. The number of aromatic nitrogens is 3. The van der Waals surface area contributed by atoms with Crippen LogP contribution in [0.25, 0.3) is 22.0 Å². The van der Waals surface area contributed by atoms with Gasteiger partial charge in [0.15, 0.2) is 0 Å². The first kappa shape index (κ1) is 24.1. The minimum Gasteiger partial charge on any atom is -0.381 e. The van der Waals surface area contributed by atoms with E-state index in [9.17, 15) is 4.79 Å². The van der Waals surface area contributed by atoms with Crippen LogP contribution in [0.15, 0.2) is 42.9 Å². The van der Waals surface area contributed by atoms with Gasteiger partial charge in [-0.3, -0.25) is 9.78 Å². The molecule has 3 fully saturated rings. The minimum absolute atomic E-state index is 0.0898. The number of rotatable bonds is 6. The van der Waals surface area contributed by atoms with Crippen molar-refractivity contribution in [3.05, 3.63) is 42.9 Å². The predicted molar refractivity (Wildman–Crippen MR) is 146 cm³/mol. The zero-order valence-corrected chi connectivity index (χ0v) is 21.4. The van der Waals surface area contributed by atoms with Crippen molar-refractivity contribution in [2.75, 3.05) is 36.5 Å². The van der Waals surface area contributed by atoms with Gasteiger partial charge in [-0.1, -0.05) is 12.8 Å². The maximum absolute atomic E-state index is 12.9. The van der Waals surface area contributed by atoms with E-state index in [1.807, 2.05) is 30.7 Å². The van der Waals surface area contributed by atoms with E-state index in [1.165, 1.54) is 12.8 Å². The standard InChI is InChI=1S/C29H36N6O2/c36-29(33-23-3-1-2-4-23)20-7-13-35(14-8-20)28-25-6-11-30-19-22(25)17-26(34-28)21-5-12-31-27(18-21)32-24-9-15-37-16-10-24/h5-6,11-12,17-20,23-24H,1-4,7-10,13-16H2,(H,31,32)(H,33,36). The molecule has 6 rings (SSSR count). The molecule has 3 aromatic rings. The van der Waals surface area contributed by atoms with Gasteiger partial charge in [-0.15, -0.1) is 0 Å². The van der Waals surface area contributed by atoms with E-state index < -0.39 is 0 Å². The van der Waals surface area contributed by atoms with E-state index in [0.717, 1.165) is 98.5 Å². The maximum atomic E-state index is 12.9. The fourth-order valence-corrected chi connectivity index (χ4v) is 5.93. The van der Waals surface area contributed by atoms with Crippen molar-refractivity contribution in [1.29, 1.82) is 0 Å². The molecule has 3 aliphatic rings. The van der Waals surface area contributed by atoms with E-state index in [1.54, 1.807) is 0 Å². The molecule has 2 N–H and O–H groups in total. The Morgan fingerprint density at radius 2 is 1.76 bits per heavy atom. The van der Waals surface area contributed by atoms with Crippen LogP contribution >= 0.6 is 0 Å². The van der Waals surface area contributed by atoms with Gasteiger partial charge in [-0.25, -0.2) is 9.97 Å². The number of hydrogen-bond acceptors (Lipinski definition) is 7. The highest BCUT2D eigenvalue weighted by molar-refractivity contribution is 5.94. The van der Waals surface area contributed by atoms with E-state index in [2.05, 4.69) is 37.6 Å². The summed E-state index contributed by atoms with van der Waals surface area (Å²) >= 11 is 0. The second-order valence-corrected chi connectivity index (χ2v) is 10.6. The Labute approximate surface area is 218 Å². The molecule has 0 bridgehead atoms. The number of carbonyl (C=O) groups excluding carboxylic acids is 1. The molecular weight excluding hydrogens is 464 g/mol. The second-order valence-electron chi connectivity index (χ2n) is 10.6. The Bertz CT molecular complexity index is 1230. The van der Waals surface area contributed by atoms with Crippen molar-refractivity contribution in [3.63, 3.8) is 0 Å². The van der Waals surface area contributed by atoms with E-state index in [-0.39, 0.29) is 11.8 Å². The maximum Gasteiger partial charge on any atom is 0.223 e. The van der Waals surface area contributed by atoms with E-state index >= 15 is 0 Å². The summed E-state index contributed by atoms with van der Waals surface area (Å²) in [6.45, 7) is 3.23. The third kappa shape index (κ3) is 5.54. The average molecular weight is 501 g/mol. The number of anilines is 2. The van der Waals surface area contributed by atoms with E-state index in [0.29, 0.717) is 12.1 Å². The number of carbonyl (C=O) groups is 1.